The third kappa shape index (κ3) is 2.59. The summed E-state index contributed by atoms with van der Waals surface area (Å²) >= 11 is 0. The molecule has 6 rings (SSSR count). The number of hydrogen-bond donors (Lipinski definition) is 3. The topological polar surface area (TPSA) is 68.2 Å². The van der Waals surface area contributed by atoms with E-state index in [1.54, 1.807) is 0 Å². The van der Waals surface area contributed by atoms with Crippen LogP contribution in [-0.2, 0) is 4.79 Å². The lowest BCUT2D eigenvalue weighted by Crippen LogP contribution is -2.55. The number of rotatable bonds is 3. The van der Waals surface area contributed by atoms with Gasteiger partial charge in [0.05, 0.1) is 23.3 Å². The van der Waals surface area contributed by atoms with E-state index in [1.807, 2.05) is 36.2 Å². The van der Waals surface area contributed by atoms with Crippen LogP contribution in [0.4, 0.5) is 11.4 Å². The molecule has 0 radical (unpaired) electrons. The van der Waals surface area contributed by atoms with E-state index < -0.39 is 0 Å². The summed E-state index contributed by atoms with van der Waals surface area (Å²) in [6, 6.07) is 8.03. The largest absolute Gasteiger partial charge is 0.374 e. The van der Waals surface area contributed by atoms with Crippen LogP contribution in [0.2, 0.25) is 0 Å². The second kappa shape index (κ2) is 6.11. The van der Waals surface area contributed by atoms with E-state index in [0.29, 0.717) is 6.54 Å². The lowest BCUT2D eigenvalue weighted by atomic mass is 9.49. The first-order valence-corrected chi connectivity index (χ1v) is 10.2. The van der Waals surface area contributed by atoms with E-state index in [2.05, 4.69) is 10.6 Å². The maximum Gasteiger partial charge on any atom is 0.233 e. The van der Waals surface area contributed by atoms with Crippen molar-refractivity contribution in [1.29, 1.82) is 5.41 Å². The number of carbonyl (C=O) groups is 1. The molecule has 1 aromatic carbocycles. The van der Waals surface area contributed by atoms with Crippen molar-refractivity contribution in [3.63, 3.8) is 0 Å². The standard InChI is InChI=1S/C22H28N4O/c1-24-20-17(12-23)13-26(19-5-3-2-4-18(19)25-20)21(27)22-9-14-6-15(10-22)8-16(7-14)11-22/h2-5,12,14-16,23-25H,6-11,13H2,1H3. The zero-order valence-corrected chi connectivity index (χ0v) is 15.9. The SMILES string of the molecule is CNC1=C(C=N)CN(C(=O)C23CC4CC(CC(C4)C2)C3)c2ccccc2N1. The highest BCUT2D eigenvalue weighted by atomic mass is 16.2. The van der Waals surface area contributed by atoms with Gasteiger partial charge in [0.2, 0.25) is 5.91 Å². The Kier molecular flexibility index (Phi) is 3.81. The molecule has 4 fully saturated rings. The molecule has 5 heteroatoms. The Morgan fingerprint density at radius 1 is 1.19 bits per heavy atom. The van der Waals surface area contributed by atoms with Crippen LogP contribution >= 0.6 is 0 Å². The molecular weight excluding hydrogens is 336 g/mol. The van der Waals surface area contributed by atoms with Crippen LogP contribution in [0, 0.1) is 28.6 Å². The second-order valence-electron chi connectivity index (χ2n) is 9.03. The summed E-state index contributed by atoms with van der Waals surface area (Å²) in [5.41, 5.74) is 2.49. The van der Waals surface area contributed by atoms with Crippen molar-refractivity contribution in [1.82, 2.24) is 5.32 Å². The van der Waals surface area contributed by atoms with Gasteiger partial charge in [0.15, 0.2) is 0 Å². The minimum absolute atomic E-state index is 0.181. The highest BCUT2D eigenvalue weighted by molar-refractivity contribution is 6.03. The molecule has 1 aromatic rings. The molecule has 0 aromatic heterocycles. The van der Waals surface area contributed by atoms with Crippen LogP contribution in [0.5, 0.6) is 0 Å². The molecule has 1 heterocycles. The average molecular weight is 364 g/mol. The van der Waals surface area contributed by atoms with Gasteiger partial charge in [-0.25, -0.2) is 0 Å². The summed E-state index contributed by atoms with van der Waals surface area (Å²) in [5, 5.41) is 14.4. The molecule has 0 saturated heterocycles. The zero-order chi connectivity index (χ0) is 18.6. The highest BCUT2D eigenvalue weighted by Gasteiger charge is 2.56. The van der Waals surface area contributed by atoms with Crippen LogP contribution in [0.25, 0.3) is 0 Å². The lowest BCUT2D eigenvalue weighted by Gasteiger charge is -2.56. The molecule has 0 spiro atoms. The smallest absolute Gasteiger partial charge is 0.233 e. The molecule has 4 aliphatic carbocycles. The number of para-hydroxylation sites is 2. The minimum Gasteiger partial charge on any atom is -0.374 e. The quantitative estimate of drug-likeness (QED) is 0.716. The molecule has 1 aliphatic heterocycles. The molecule has 27 heavy (non-hydrogen) atoms. The maximum atomic E-state index is 14.0. The zero-order valence-electron chi connectivity index (χ0n) is 15.9. The number of anilines is 2. The van der Waals surface area contributed by atoms with Crippen LogP contribution < -0.4 is 15.5 Å². The van der Waals surface area contributed by atoms with Crippen molar-refractivity contribution in [2.45, 2.75) is 38.5 Å². The van der Waals surface area contributed by atoms with E-state index >= 15 is 0 Å². The Bertz CT molecular complexity index is 792. The number of hydrogen-bond acceptors (Lipinski definition) is 4. The molecule has 4 bridgehead atoms. The molecule has 1 amide bonds. The molecule has 4 saturated carbocycles. The van der Waals surface area contributed by atoms with Crippen LogP contribution in [-0.4, -0.2) is 25.7 Å². The fourth-order valence-electron chi connectivity index (χ4n) is 6.55. The predicted molar refractivity (Wildman–Crippen MR) is 108 cm³/mol. The molecule has 5 aliphatic rings. The van der Waals surface area contributed by atoms with Crippen LogP contribution in [0.15, 0.2) is 35.7 Å². The first-order valence-electron chi connectivity index (χ1n) is 10.2. The fourth-order valence-corrected chi connectivity index (χ4v) is 6.55. The number of amides is 1. The Hall–Kier alpha value is -2.30. The van der Waals surface area contributed by atoms with Crippen molar-refractivity contribution >= 4 is 23.5 Å². The van der Waals surface area contributed by atoms with E-state index in [0.717, 1.165) is 59.8 Å². The van der Waals surface area contributed by atoms with Crippen LogP contribution in [0.1, 0.15) is 38.5 Å². The van der Waals surface area contributed by atoms with Crippen molar-refractivity contribution < 1.29 is 4.79 Å². The number of fused-ring (bicyclic) bond motifs is 1. The Labute approximate surface area is 160 Å². The summed E-state index contributed by atoms with van der Waals surface area (Å²) < 4.78 is 0. The first-order chi connectivity index (χ1) is 13.1. The van der Waals surface area contributed by atoms with E-state index in [9.17, 15) is 4.79 Å². The van der Waals surface area contributed by atoms with E-state index in [-0.39, 0.29) is 11.3 Å². The molecule has 0 unspecified atom stereocenters. The van der Waals surface area contributed by atoms with Crippen molar-refractivity contribution in [3.8, 4) is 0 Å². The van der Waals surface area contributed by atoms with Crippen molar-refractivity contribution in [3.05, 3.63) is 35.7 Å². The predicted octanol–water partition coefficient (Wildman–Crippen LogP) is 3.74. The summed E-state index contributed by atoms with van der Waals surface area (Å²) in [4.78, 5) is 16.0. The number of benzene rings is 1. The molecule has 3 N–H and O–H groups in total. The van der Waals surface area contributed by atoms with Gasteiger partial charge < -0.3 is 20.9 Å². The van der Waals surface area contributed by atoms with Gasteiger partial charge in [-0.2, -0.15) is 0 Å². The van der Waals surface area contributed by atoms with E-state index in [1.165, 1.54) is 25.5 Å². The normalized spacial score (nSPS) is 34.0. The van der Waals surface area contributed by atoms with Crippen molar-refractivity contribution in [2.24, 2.45) is 23.2 Å². The Balaban J connectivity index is 1.56. The molecule has 5 nitrogen and oxygen atoms in total. The van der Waals surface area contributed by atoms with Gasteiger partial charge in [-0.3, -0.25) is 4.79 Å². The molecular formula is C22H28N4O. The van der Waals surface area contributed by atoms with E-state index in [4.69, 9.17) is 5.41 Å². The van der Waals surface area contributed by atoms with Gasteiger partial charge in [-0.1, -0.05) is 12.1 Å². The molecule has 0 atom stereocenters. The average Bonchev–Trinajstić information content (AvgIpc) is 2.82. The minimum atomic E-state index is -0.181. The van der Waals surface area contributed by atoms with Gasteiger partial charge in [0.25, 0.3) is 0 Å². The lowest BCUT2D eigenvalue weighted by molar-refractivity contribution is -0.143. The van der Waals surface area contributed by atoms with Crippen molar-refractivity contribution in [2.75, 3.05) is 23.8 Å². The second-order valence-corrected chi connectivity index (χ2v) is 9.03. The van der Waals surface area contributed by atoms with Gasteiger partial charge in [0, 0.05) is 18.8 Å². The summed E-state index contributed by atoms with van der Waals surface area (Å²) in [6.45, 7) is 0.449. The van der Waals surface area contributed by atoms with Crippen LogP contribution in [0.3, 0.4) is 0 Å². The van der Waals surface area contributed by atoms with Gasteiger partial charge in [-0.05, 0) is 68.4 Å². The number of nitrogens with zero attached hydrogens (tertiary/aromatic N) is 1. The van der Waals surface area contributed by atoms with Gasteiger partial charge in [-0.15, -0.1) is 0 Å². The number of nitrogens with one attached hydrogen (secondary N) is 3. The van der Waals surface area contributed by atoms with Gasteiger partial charge in [0.1, 0.15) is 5.82 Å². The maximum absolute atomic E-state index is 14.0. The summed E-state index contributed by atoms with van der Waals surface area (Å²) in [7, 11) is 1.85. The highest BCUT2D eigenvalue weighted by Crippen LogP contribution is 2.61. The fraction of sp³-hybridized carbons (Fsp3) is 0.545. The summed E-state index contributed by atoms with van der Waals surface area (Å²) in [6.07, 6.45) is 8.55. The van der Waals surface area contributed by atoms with Gasteiger partial charge >= 0.3 is 0 Å². The third-order valence-electron chi connectivity index (χ3n) is 7.27. The monoisotopic (exact) mass is 364 g/mol. The Morgan fingerprint density at radius 2 is 1.81 bits per heavy atom. The molecule has 142 valence electrons. The number of carbonyl (C=O) groups excluding carboxylic acids is 1. The summed E-state index contributed by atoms with van der Waals surface area (Å²) in [5.74, 6) is 3.31. The Morgan fingerprint density at radius 3 is 2.41 bits per heavy atom. The third-order valence-corrected chi connectivity index (χ3v) is 7.27. The first kappa shape index (κ1) is 16.8.